The zero-order valence-corrected chi connectivity index (χ0v) is 14.6. The van der Waals surface area contributed by atoms with Gasteiger partial charge in [-0.1, -0.05) is 41.9 Å². The lowest BCUT2D eigenvalue weighted by molar-refractivity contribution is 0.0740. The normalized spacial score (nSPS) is 11.0. The van der Waals surface area contributed by atoms with E-state index >= 15 is 0 Å². The number of allylic oxidation sites excluding steroid dienone is 1. The molecule has 3 aromatic rings. The van der Waals surface area contributed by atoms with Crippen LogP contribution in [0.2, 0.25) is 5.02 Å². The zero-order chi connectivity index (χ0) is 17.6. The van der Waals surface area contributed by atoms with Crippen LogP contribution in [-0.4, -0.2) is 5.97 Å². The maximum Gasteiger partial charge on any atom is 0.353 e. The van der Waals surface area contributed by atoms with Gasteiger partial charge in [0.2, 0.25) is 0 Å². The highest BCUT2D eigenvalue weighted by Crippen LogP contribution is 2.22. The quantitative estimate of drug-likeness (QED) is 0.258. The maximum absolute atomic E-state index is 11.9. The van der Waals surface area contributed by atoms with Gasteiger partial charge in [0.05, 0.1) is 11.6 Å². The Balaban J connectivity index is 1.76. The van der Waals surface area contributed by atoms with Gasteiger partial charge in [0.25, 0.3) is 0 Å². The molecule has 0 atom stereocenters. The molecule has 0 radical (unpaired) electrons. The number of carbonyl (C=O) groups is 1. The number of nitriles is 1. The highest BCUT2D eigenvalue weighted by Gasteiger charge is 2.09. The third kappa shape index (κ3) is 4.36. The van der Waals surface area contributed by atoms with Crippen LogP contribution >= 0.6 is 22.9 Å². The summed E-state index contributed by atoms with van der Waals surface area (Å²) < 4.78 is 5.31. The summed E-state index contributed by atoms with van der Waals surface area (Å²) in [6, 6.07) is 19.8. The van der Waals surface area contributed by atoms with Crippen molar-refractivity contribution in [2.45, 2.75) is 0 Å². The lowest BCUT2D eigenvalue weighted by Gasteiger charge is -2.04. The number of hydrogen-bond acceptors (Lipinski definition) is 4. The van der Waals surface area contributed by atoms with E-state index in [2.05, 4.69) is 6.07 Å². The predicted molar refractivity (Wildman–Crippen MR) is 101 cm³/mol. The van der Waals surface area contributed by atoms with Crippen LogP contribution in [0.5, 0.6) is 5.75 Å². The van der Waals surface area contributed by atoms with Crippen molar-refractivity contribution >= 4 is 40.6 Å². The van der Waals surface area contributed by atoms with Crippen molar-refractivity contribution in [1.82, 2.24) is 0 Å². The van der Waals surface area contributed by atoms with Crippen molar-refractivity contribution in [3.8, 4) is 11.8 Å². The SMILES string of the molecule is N#C/C(=C/c1ccc(OC(=O)c2cccs2)cc1)c1ccc(Cl)cc1. The molecule has 5 heteroatoms. The second-order valence-corrected chi connectivity index (χ2v) is 6.50. The fourth-order valence-corrected chi connectivity index (χ4v) is 2.89. The first kappa shape index (κ1) is 17.0. The molecule has 122 valence electrons. The van der Waals surface area contributed by atoms with Gasteiger partial charge in [-0.25, -0.2) is 4.79 Å². The van der Waals surface area contributed by atoms with Crippen molar-refractivity contribution in [2.75, 3.05) is 0 Å². The van der Waals surface area contributed by atoms with E-state index in [1.54, 1.807) is 66.7 Å². The largest absolute Gasteiger partial charge is 0.422 e. The summed E-state index contributed by atoms with van der Waals surface area (Å²) in [4.78, 5) is 12.5. The van der Waals surface area contributed by atoms with Crippen LogP contribution in [0.4, 0.5) is 0 Å². The van der Waals surface area contributed by atoms with Crippen LogP contribution in [0.3, 0.4) is 0 Å². The van der Waals surface area contributed by atoms with Gasteiger partial charge in [-0.3, -0.25) is 0 Å². The molecule has 1 heterocycles. The number of ether oxygens (including phenoxy) is 1. The Hall–Kier alpha value is -2.87. The molecular weight excluding hydrogens is 354 g/mol. The number of benzene rings is 2. The summed E-state index contributed by atoms with van der Waals surface area (Å²) in [6.45, 7) is 0. The van der Waals surface area contributed by atoms with E-state index in [0.717, 1.165) is 11.1 Å². The number of carbonyl (C=O) groups excluding carboxylic acids is 1. The van der Waals surface area contributed by atoms with E-state index in [9.17, 15) is 10.1 Å². The van der Waals surface area contributed by atoms with Gasteiger partial charge < -0.3 is 4.74 Å². The number of halogens is 1. The average molecular weight is 366 g/mol. The van der Waals surface area contributed by atoms with E-state index in [4.69, 9.17) is 16.3 Å². The summed E-state index contributed by atoms with van der Waals surface area (Å²) in [5, 5.41) is 11.8. The summed E-state index contributed by atoms with van der Waals surface area (Å²) in [5.41, 5.74) is 2.16. The maximum atomic E-state index is 11.9. The van der Waals surface area contributed by atoms with Gasteiger partial charge in [-0.05, 0) is 52.9 Å². The summed E-state index contributed by atoms with van der Waals surface area (Å²) in [7, 11) is 0. The Labute approximate surface area is 154 Å². The smallest absolute Gasteiger partial charge is 0.353 e. The monoisotopic (exact) mass is 365 g/mol. The van der Waals surface area contributed by atoms with Gasteiger partial charge in [0, 0.05) is 5.02 Å². The van der Waals surface area contributed by atoms with Crippen molar-refractivity contribution in [3.05, 3.63) is 87.1 Å². The highest BCUT2D eigenvalue weighted by molar-refractivity contribution is 7.12. The minimum atomic E-state index is -0.378. The molecule has 0 amide bonds. The van der Waals surface area contributed by atoms with E-state index in [0.29, 0.717) is 21.2 Å². The second kappa shape index (κ2) is 7.80. The minimum absolute atomic E-state index is 0.378. The first-order chi connectivity index (χ1) is 12.2. The lowest BCUT2D eigenvalue weighted by atomic mass is 10.0. The predicted octanol–water partition coefficient (Wildman–Crippen LogP) is 5.68. The van der Waals surface area contributed by atoms with Gasteiger partial charge in [-0.15, -0.1) is 11.3 Å². The van der Waals surface area contributed by atoms with Gasteiger partial charge in [0.1, 0.15) is 10.6 Å². The van der Waals surface area contributed by atoms with Crippen molar-refractivity contribution in [1.29, 1.82) is 5.26 Å². The van der Waals surface area contributed by atoms with Crippen molar-refractivity contribution in [3.63, 3.8) is 0 Å². The van der Waals surface area contributed by atoms with Gasteiger partial charge >= 0.3 is 5.97 Å². The molecule has 0 saturated heterocycles. The van der Waals surface area contributed by atoms with Crippen LogP contribution in [0.25, 0.3) is 11.6 Å². The Morgan fingerprint density at radius 2 is 1.80 bits per heavy atom. The van der Waals surface area contributed by atoms with Crippen LogP contribution < -0.4 is 4.74 Å². The van der Waals surface area contributed by atoms with E-state index < -0.39 is 0 Å². The fraction of sp³-hybridized carbons (Fsp3) is 0. The number of rotatable bonds is 4. The molecule has 2 aromatic carbocycles. The molecular formula is C20H12ClNO2S. The fourth-order valence-electron chi connectivity index (χ4n) is 2.16. The van der Waals surface area contributed by atoms with Crippen molar-refractivity contribution < 1.29 is 9.53 Å². The third-order valence-electron chi connectivity index (χ3n) is 3.40. The third-order valence-corrected chi connectivity index (χ3v) is 4.50. The minimum Gasteiger partial charge on any atom is -0.422 e. The number of hydrogen-bond donors (Lipinski definition) is 0. The summed E-state index contributed by atoms with van der Waals surface area (Å²) >= 11 is 7.21. The van der Waals surface area contributed by atoms with E-state index in [-0.39, 0.29) is 5.97 Å². The van der Waals surface area contributed by atoms with Crippen molar-refractivity contribution in [2.24, 2.45) is 0 Å². The summed E-state index contributed by atoms with van der Waals surface area (Å²) in [6.07, 6.45) is 1.77. The molecule has 3 rings (SSSR count). The number of esters is 1. The van der Waals surface area contributed by atoms with E-state index in [1.165, 1.54) is 11.3 Å². The molecule has 0 saturated carbocycles. The molecule has 0 bridgehead atoms. The lowest BCUT2D eigenvalue weighted by Crippen LogP contribution is -2.05. The van der Waals surface area contributed by atoms with Crippen LogP contribution in [-0.2, 0) is 0 Å². The van der Waals surface area contributed by atoms with Gasteiger partial charge in [0.15, 0.2) is 0 Å². The molecule has 0 aliphatic rings. The first-order valence-corrected chi connectivity index (χ1v) is 8.65. The Morgan fingerprint density at radius 3 is 2.40 bits per heavy atom. The Morgan fingerprint density at radius 1 is 1.08 bits per heavy atom. The van der Waals surface area contributed by atoms with Gasteiger partial charge in [-0.2, -0.15) is 5.26 Å². The Kier molecular flexibility index (Phi) is 5.30. The molecule has 0 aliphatic carbocycles. The molecule has 0 spiro atoms. The zero-order valence-electron chi connectivity index (χ0n) is 13.0. The summed E-state index contributed by atoms with van der Waals surface area (Å²) in [5.74, 6) is 0.0812. The number of nitrogens with zero attached hydrogens (tertiary/aromatic N) is 1. The Bertz CT molecular complexity index is 937. The standard InChI is InChI=1S/C20H12ClNO2S/c21-17-7-5-15(6-8-17)16(13-22)12-14-3-9-18(10-4-14)24-20(23)19-2-1-11-25-19/h1-12H/b16-12-. The second-order valence-electron chi connectivity index (χ2n) is 5.11. The molecule has 0 unspecified atom stereocenters. The molecule has 3 nitrogen and oxygen atoms in total. The molecule has 25 heavy (non-hydrogen) atoms. The topological polar surface area (TPSA) is 50.1 Å². The first-order valence-electron chi connectivity index (χ1n) is 7.39. The van der Waals surface area contributed by atoms with E-state index in [1.807, 2.05) is 5.38 Å². The molecule has 1 aromatic heterocycles. The average Bonchev–Trinajstić information content (AvgIpc) is 3.17. The van der Waals surface area contributed by atoms with Crippen LogP contribution in [0.1, 0.15) is 20.8 Å². The number of thiophene rings is 1. The molecule has 0 aliphatic heterocycles. The van der Waals surface area contributed by atoms with Crippen LogP contribution in [0, 0.1) is 11.3 Å². The molecule has 0 fully saturated rings. The molecule has 0 N–H and O–H groups in total. The highest BCUT2D eigenvalue weighted by atomic mass is 35.5. The van der Waals surface area contributed by atoms with Crippen LogP contribution in [0.15, 0.2) is 66.0 Å².